The van der Waals surface area contributed by atoms with Gasteiger partial charge in [0.2, 0.25) is 5.91 Å². The average molecular weight is 220 g/mol. The topological polar surface area (TPSA) is 29.1 Å². The molecule has 1 saturated carbocycles. The van der Waals surface area contributed by atoms with E-state index in [1.807, 2.05) is 0 Å². The van der Waals surface area contributed by atoms with Crippen LogP contribution in [0.4, 0.5) is 0 Å². The van der Waals surface area contributed by atoms with Crippen LogP contribution in [0.2, 0.25) is 0 Å². The van der Waals surface area contributed by atoms with Crippen LogP contribution < -0.4 is 5.32 Å². The molecule has 2 nitrogen and oxygen atoms in total. The standard InChI is InChI=1S/C8H14BrNO/c1-6(11)10-8-3-2-7(4-8)5-9/h7-8H,2-5H2,1H3,(H,10,11)/t7-,8+/m0/s1. The monoisotopic (exact) mass is 219 g/mol. The maximum absolute atomic E-state index is 10.7. The molecule has 64 valence electrons. The van der Waals surface area contributed by atoms with Crippen molar-refractivity contribution in [1.29, 1.82) is 0 Å². The SMILES string of the molecule is CC(=O)N[C@@H]1CC[C@H](CBr)C1. The lowest BCUT2D eigenvalue weighted by atomic mass is 10.1. The van der Waals surface area contributed by atoms with E-state index in [0.717, 1.165) is 24.1 Å². The van der Waals surface area contributed by atoms with Gasteiger partial charge < -0.3 is 5.32 Å². The Morgan fingerprint density at radius 3 is 2.82 bits per heavy atom. The third-order valence-electron chi connectivity index (χ3n) is 2.17. The van der Waals surface area contributed by atoms with Gasteiger partial charge in [0.05, 0.1) is 0 Å². The lowest BCUT2D eigenvalue weighted by Crippen LogP contribution is -2.30. The first-order valence-corrected chi connectivity index (χ1v) is 5.17. The number of carbonyl (C=O) groups is 1. The van der Waals surface area contributed by atoms with E-state index in [1.165, 1.54) is 6.42 Å². The number of hydrogen-bond donors (Lipinski definition) is 1. The summed E-state index contributed by atoms with van der Waals surface area (Å²) in [7, 11) is 0. The smallest absolute Gasteiger partial charge is 0.217 e. The molecular formula is C8H14BrNO. The van der Waals surface area contributed by atoms with Crippen LogP contribution in [0.1, 0.15) is 26.2 Å². The molecule has 0 unspecified atom stereocenters. The molecule has 1 N–H and O–H groups in total. The molecule has 0 aromatic rings. The molecule has 0 radical (unpaired) electrons. The lowest BCUT2D eigenvalue weighted by Gasteiger charge is -2.09. The van der Waals surface area contributed by atoms with Gasteiger partial charge in [-0.1, -0.05) is 15.9 Å². The van der Waals surface area contributed by atoms with E-state index < -0.39 is 0 Å². The van der Waals surface area contributed by atoms with Crippen molar-refractivity contribution in [3.63, 3.8) is 0 Å². The van der Waals surface area contributed by atoms with Gasteiger partial charge in [-0.3, -0.25) is 4.79 Å². The highest BCUT2D eigenvalue weighted by molar-refractivity contribution is 9.09. The normalized spacial score (nSPS) is 30.4. The summed E-state index contributed by atoms with van der Waals surface area (Å²) in [5.74, 6) is 0.872. The third-order valence-corrected chi connectivity index (χ3v) is 3.08. The molecule has 1 rings (SSSR count). The van der Waals surface area contributed by atoms with Gasteiger partial charge in [0.25, 0.3) is 0 Å². The summed E-state index contributed by atoms with van der Waals surface area (Å²) in [6.07, 6.45) is 3.54. The van der Waals surface area contributed by atoms with Crippen LogP contribution in [0.15, 0.2) is 0 Å². The minimum atomic E-state index is 0.102. The first kappa shape index (κ1) is 9.04. The molecule has 1 amide bonds. The average Bonchev–Trinajstić information content (AvgIpc) is 2.34. The lowest BCUT2D eigenvalue weighted by molar-refractivity contribution is -0.119. The van der Waals surface area contributed by atoms with Crippen molar-refractivity contribution < 1.29 is 4.79 Å². The summed E-state index contributed by atoms with van der Waals surface area (Å²) in [6.45, 7) is 1.58. The number of carbonyl (C=O) groups excluding carboxylic acids is 1. The predicted molar refractivity (Wildman–Crippen MR) is 48.7 cm³/mol. The van der Waals surface area contributed by atoms with Crippen molar-refractivity contribution in [2.75, 3.05) is 5.33 Å². The van der Waals surface area contributed by atoms with Gasteiger partial charge >= 0.3 is 0 Å². The molecule has 2 atom stereocenters. The molecule has 1 aliphatic rings. The zero-order chi connectivity index (χ0) is 8.27. The van der Waals surface area contributed by atoms with E-state index in [-0.39, 0.29) is 5.91 Å². The fourth-order valence-electron chi connectivity index (χ4n) is 1.63. The molecule has 0 aromatic carbocycles. The summed E-state index contributed by atoms with van der Waals surface area (Å²) in [6, 6.07) is 0.440. The highest BCUT2D eigenvalue weighted by atomic mass is 79.9. The summed E-state index contributed by atoms with van der Waals surface area (Å²) >= 11 is 3.46. The Morgan fingerprint density at radius 2 is 2.36 bits per heavy atom. The van der Waals surface area contributed by atoms with Crippen molar-refractivity contribution in [2.45, 2.75) is 32.2 Å². The van der Waals surface area contributed by atoms with Crippen molar-refractivity contribution in [2.24, 2.45) is 5.92 Å². The highest BCUT2D eigenvalue weighted by Crippen LogP contribution is 2.26. The van der Waals surface area contributed by atoms with Crippen molar-refractivity contribution in [3.8, 4) is 0 Å². The highest BCUT2D eigenvalue weighted by Gasteiger charge is 2.23. The van der Waals surface area contributed by atoms with E-state index in [0.29, 0.717) is 6.04 Å². The van der Waals surface area contributed by atoms with Crippen molar-refractivity contribution in [3.05, 3.63) is 0 Å². The number of hydrogen-bond acceptors (Lipinski definition) is 1. The second-order valence-corrected chi connectivity index (χ2v) is 3.88. The quantitative estimate of drug-likeness (QED) is 0.705. The van der Waals surface area contributed by atoms with Gasteiger partial charge in [-0.2, -0.15) is 0 Å². The van der Waals surface area contributed by atoms with Crippen LogP contribution in [0, 0.1) is 5.92 Å². The van der Waals surface area contributed by atoms with Crippen LogP contribution in [-0.2, 0) is 4.79 Å². The van der Waals surface area contributed by atoms with Crippen molar-refractivity contribution >= 4 is 21.8 Å². The summed E-state index contributed by atoms with van der Waals surface area (Å²) in [4.78, 5) is 10.7. The van der Waals surface area contributed by atoms with Gasteiger partial charge in [-0.25, -0.2) is 0 Å². The maximum Gasteiger partial charge on any atom is 0.217 e. The van der Waals surface area contributed by atoms with Crippen LogP contribution in [-0.4, -0.2) is 17.3 Å². The van der Waals surface area contributed by atoms with Crippen LogP contribution in [0.3, 0.4) is 0 Å². The number of halogens is 1. The van der Waals surface area contributed by atoms with E-state index in [9.17, 15) is 4.79 Å². The predicted octanol–water partition coefficient (Wildman–Crippen LogP) is 1.69. The zero-order valence-electron chi connectivity index (χ0n) is 6.77. The minimum absolute atomic E-state index is 0.102. The minimum Gasteiger partial charge on any atom is -0.354 e. The molecule has 0 bridgehead atoms. The number of nitrogens with one attached hydrogen (secondary N) is 1. The fraction of sp³-hybridized carbons (Fsp3) is 0.875. The first-order valence-electron chi connectivity index (χ1n) is 4.05. The van der Waals surface area contributed by atoms with E-state index in [2.05, 4.69) is 21.2 Å². The maximum atomic E-state index is 10.7. The molecule has 0 saturated heterocycles. The molecule has 0 aromatic heterocycles. The van der Waals surface area contributed by atoms with Gasteiger partial charge in [0.15, 0.2) is 0 Å². The molecule has 0 aliphatic heterocycles. The van der Waals surface area contributed by atoms with Crippen molar-refractivity contribution in [1.82, 2.24) is 5.32 Å². The fourth-order valence-corrected chi connectivity index (χ4v) is 2.22. The molecule has 3 heteroatoms. The molecular weight excluding hydrogens is 206 g/mol. The largest absolute Gasteiger partial charge is 0.354 e. The summed E-state index contributed by atoms with van der Waals surface area (Å²) < 4.78 is 0. The van der Waals surface area contributed by atoms with Crippen LogP contribution >= 0.6 is 15.9 Å². The van der Waals surface area contributed by atoms with E-state index >= 15 is 0 Å². The van der Waals surface area contributed by atoms with Gasteiger partial charge in [-0.15, -0.1) is 0 Å². The zero-order valence-corrected chi connectivity index (χ0v) is 8.36. The Labute approximate surface area is 75.9 Å². The number of alkyl halides is 1. The Kier molecular flexibility index (Phi) is 3.37. The Hall–Kier alpha value is -0.0500. The van der Waals surface area contributed by atoms with E-state index in [4.69, 9.17) is 0 Å². The second-order valence-electron chi connectivity index (χ2n) is 3.23. The molecule has 1 fully saturated rings. The van der Waals surface area contributed by atoms with Crippen LogP contribution in [0.25, 0.3) is 0 Å². The number of rotatable bonds is 2. The third kappa shape index (κ3) is 2.81. The Morgan fingerprint density at radius 1 is 1.64 bits per heavy atom. The van der Waals surface area contributed by atoms with E-state index in [1.54, 1.807) is 6.92 Å². The molecule has 0 heterocycles. The Balaban J connectivity index is 2.24. The molecule has 0 spiro atoms. The Bertz CT molecular complexity index is 149. The van der Waals surface area contributed by atoms with Gasteiger partial charge in [0, 0.05) is 18.3 Å². The summed E-state index contributed by atoms with van der Waals surface area (Å²) in [5, 5.41) is 4.02. The molecule has 1 aliphatic carbocycles. The first-order chi connectivity index (χ1) is 5.22. The summed E-state index contributed by atoms with van der Waals surface area (Å²) in [5.41, 5.74) is 0. The number of amides is 1. The van der Waals surface area contributed by atoms with Crippen LogP contribution in [0.5, 0.6) is 0 Å². The molecule has 11 heavy (non-hydrogen) atoms. The van der Waals surface area contributed by atoms with Gasteiger partial charge in [0.1, 0.15) is 0 Å². The second kappa shape index (κ2) is 4.10. The van der Waals surface area contributed by atoms with Gasteiger partial charge in [-0.05, 0) is 25.2 Å².